The molecule has 1 aromatic rings. The Hall–Kier alpha value is -1.77. The maximum atomic E-state index is 11.2. The van der Waals surface area contributed by atoms with Crippen LogP contribution in [-0.2, 0) is 4.79 Å². The molecule has 1 aliphatic heterocycles. The summed E-state index contributed by atoms with van der Waals surface area (Å²) in [7, 11) is 0. The fraction of sp³-hybridized carbons (Fsp3) is 0.357. The maximum absolute atomic E-state index is 11.2. The molecule has 2 aliphatic rings. The van der Waals surface area contributed by atoms with Gasteiger partial charge in [-0.1, -0.05) is 6.07 Å². The summed E-state index contributed by atoms with van der Waals surface area (Å²) in [5, 5.41) is 0. The van der Waals surface area contributed by atoms with Crippen LogP contribution in [0, 0.1) is 0 Å². The first-order chi connectivity index (χ1) is 8.33. The zero-order valence-electron chi connectivity index (χ0n) is 9.57. The van der Waals surface area contributed by atoms with Crippen LogP contribution in [-0.4, -0.2) is 19.0 Å². The molecular formula is C14H14O3. The third-order valence-corrected chi connectivity index (χ3v) is 3.09. The highest BCUT2D eigenvalue weighted by Crippen LogP contribution is 2.35. The Bertz CT molecular complexity index is 488. The van der Waals surface area contributed by atoms with E-state index in [4.69, 9.17) is 9.47 Å². The second kappa shape index (κ2) is 4.24. The maximum Gasteiger partial charge on any atom is 0.161 e. The molecule has 1 aliphatic carbocycles. The van der Waals surface area contributed by atoms with Crippen molar-refractivity contribution in [2.75, 3.05) is 13.2 Å². The molecule has 3 nitrogen and oxygen atoms in total. The number of fused-ring (bicyclic) bond motifs is 1. The van der Waals surface area contributed by atoms with Gasteiger partial charge >= 0.3 is 0 Å². The van der Waals surface area contributed by atoms with E-state index in [9.17, 15) is 4.79 Å². The van der Waals surface area contributed by atoms with Crippen LogP contribution in [0.3, 0.4) is 0 Å². The lowest BCUT2D eigenvalue weighted by Gasteiger charge is -2.09. The largest absolute Gasteiger partial charge is 0.490 e. The summed E-state index contributed by atoms with van der Waals surface area (Å²) in [6, 6.07) is 5.91. The average molecular weight is 230 g/mol. The molecular weight excluding hydrogens is 216 g/mol. The van der Waals surface area contributed by atoms with E-state index < -0.39 is 0 Å². The molecule has 0 fully saturated rings. The van der Waals surface area contributed by atoms with Gasteiger partial charge in [0.1, 0.15) is 0 Å². The molecule has 0 atom stereocenters. The van der Waals surface area contributed by atoms with E-state index in [1.807, 2.05) is 18.2 Å². The molecule has 88 valence electrons. The minimum atomic E-state index is 0.215. The summed E-state index contributed by atoms with van der Waals surface area (Å²) in [5.74, 6) is 1.81. The second-order valence-electron chi connectivity index (χ2n) is 4.35. The Morgan fingerprint density at radius 2 is 1.82 bits per heavy atom. The zero-order valence-corrected chi connectivity index (χ0v) is 9.57. The highest BCUT2D eigenvalue weighted by atomic mass is 16.5. The summed E-state index contributed by atoms with van der Waals surface area (Å²) < 4.78 is 11.2. The first kappa shape index (κ1) is 10.4. The number of carbonyl (C=O) groups is 1. The predicted octanol–water partition coefficient (Wildman–Crippen LogP) is 2.59. The van der Waals surface area contributed by atoms with E-state index in [1.165, 1.54) is 0 Å². The highest BCUT2D eigenvalue weighted by Gasteiger charge is 2.16. The van der Waals surface area contributed by atoms with E-state index in [0.717, 1.165) is 35.5 Å². The van der Waals surface area contributed by atoms with Crippen LogP contribution in [0.15, 0.2) is 24.3 Å². The van der Waals surface area contributed by atoms with Crippen LogP contribution in [0.2, 0.25) is 0 Å². The van der Waals surface area contributed by atoms with E-state index in [-0.39, 0.29) is 5.78 Å². The number of ketones is 1. The first-order valence-electron chi connectivity index (χ1n) is 5.96. The molecule has 0 spiro atoms. The number of allylic oxidation sites excluding steroid dienone is 2. The lowest BCUT2D eigenvalue weighted by molar-refractivity contribution is -0.114. The van der Waals surface area contributed by atoms with Crippen LogP contribution in [0.5, 0.6) is 11.5 Å². The molecule has 3 heteroatoms. The third-order valence-electron chi connectivity index (χ3n) is 3.09. The number of carbonyl (C=O) groups excluding carboxylic acids is 1. The van der Waals surface area contributed by atoms with Crippen molar-refractivity contribution in [2.45, 2.75) is 19.3 Å². The van der Waals surface area contributed by atoms with Gasteiger partial charge in [0, 0.05) is 12.8 Å². The average Bonchev–Trinajstić information content (AvgIpc) is 2.64. The van der Waals surface area contributed by atoms with Crippen LogP contribution < -0.4 is 9.47 Å². The van der Waals surface area contributed by atoms with Crippen molar-refractivity contribution >= 4 is 11.4 Å². The molecule has 17 heavy (non-hydrogen) atoms. The first-order valence-corrected chi connectivity index (χ1v) is 5.96. The van der Waals surface area contributed by atoms with Gasteiger partial charge in [-0.25, -0.2) is 0 Å². The minimum Gasteiger partial charge on any atom is -0.490 e. The lowest BCUT2D eigenvalue weighted by atomic mass is 10.1. The van der Waals surface area contributed by atoms with E-state index in [2.05, 4.69) is 0 Å². The van der Waals surface area contributed by atoms with Crippen molar-refractivity contribution in [3.63, 3.8) is 0 Å². The zero-order chi connectivity index (χ0) is 11.7. The molecule has 0 bridgehead atoms. The number of benzene rings is 1. The normalized spacial score (nSPS) is 18.8. The molecule has 0 radical (unpaired) electrons. The van der Waals surface area contributed by atoms with Crippen molar-refractivity contribution < 1.29 is 14.3 Å². The fourth-order valence-corrected chi connectivity index (χ4v) is 2.19. The molecule has 0 N–H and O–H groups in total. The number of hydrogen-bond donors (Lipinski definition) is 0. The smallest absolute Gasteiger partial charge is 0.161 e. The third kappa shape index (κ3) is 2.05. The van der Waals surface area contributed by atoms with Crippen molar-refractivity contribution in [3.05, 3.63) is 29.8 Å². The monoisotopic (exact) mass is 230 g/mol. The van der Waals surface area contributed by atoms with Gasteiger partial charge in [-0.15, -0.1) is 0 Å². The topological polar surface area (TPSA) is 35.5 Å². The van der Waals surface area contributed by atoms with Crippen molar-refractivity contribution in [1.29, 1.82) is 0 Å². The van der Waals surface area contributed by atoms with Gasteiger partial charge in [0.15, 0.2) is 17.3 Å². The Labute approximate surface area is 100 Å². The summed E-state index contributed by atoms with van der Waals surface area (Å²) >= 11 is 0. The Balaban J connectivity index is 1.95. The molecule has 0 unspecified atom stereocenters. The van der Waals surface area contributed by atoms with E-state index in [1.54, 1.807) is 6.08 Å². The van der Waals surface area contributed by atoms with Gasteiger partial charge < -0.3 is 9.47 Å². The van der Waals surface area contributed by atoms with Crippen LogP contribution in [0.1, 0.15) is 24.8 Å². The number of hydrogen-bond acceptors (Lipinski definition) is 3. The number of ether oxygens (including phenoxy) is 2. The van der Waals surface area contributed by atoms with Gasteiger partial charge in [-0.2, -0.15) is 0 Å². The summed E-state index contributed by atoms with van der Waals surface area (Å²) in [6.45, 7) is 1.39. The summed E-state index contributed by atoms with van der Waals surface area (Å²) in [4.78, 5) is 11.2. The number of rotatable bonds is 1. The standard InChI is InChI=1S/C14H14O3/c15-12-4-2-10(8-12)11-3-5-13-14(9-11)17-7-1-6-16-13/h3,5,8-9H,1-2,4,6-7H2. The van der Waals surface area contributed by atoms with Crippen LogP contribution >= 0.6 is 0 Å². The predicted molar refractivity (Wildman–Crippen MR) is 64.3 cm³/mol. The lowest BCUT2D eigenvalue weighted by Crippen LogP contribution is -1.97. The molecule has 0 saturated heterocycles. The van der Waals surface area contributed by atoms with Crippen LogP contribution in [0.25, 0.3) is 5.57 Å². The second-order valence-corrected chi connectivity index (χ2v) is 4.35. The Kier molecular flexibility index (Phi) is 2.59. The van der Waals surface area contributed by atoms with Crippen molar-refractivity contribution in [3.8, 4) is 11.5 Å². The molecule has 3 rings (SSSR count). The highest BCUT2D eigenvalue weighted by molar-refractivity contribution is 6.01. The van der Waals surface area contributed by atoms with Gasteiger partial charge in [0.2, 0.25) is 0 Å². The van der Waals surface area contributed by atoms with Crippen LogP contribution in [0.4, 0.5) is 0 Å². The Morgan fingerprint density at radius 3 is 2.59 bits per heavy atom. The van der Waals surface area contributed by atoms with Gasteiger partial charge in [0.05, 0.1) is 13.2 Å². The van der Waals surface area contributed by atoms with Crippen molar-refractivity contribution in [1.82, 2.24) is 0 Å². The fourth-order valence-electron chi connectivity index (χ4n) is 2.19. The SMILES string of the molecule is O=C1C=C(c2ccc3c(c2)OCCCO3)CC1. The Morgan fingerprint density at radius 1 is 1.00 bits per heavy atom. The molecule has 0 saturated carbocycles. The summed E-state index contributed by atoms with van der Waals surface area (Å²) in [5.41, 5.74) is 2.17. The molecule has 1 heterocycles. The quantitative estimate of drug-likeness (QED) is 0.744. The van der Waals surface area contributed by atoms with Gasteiger partial charge in [-0.05, 0) is 35.8 Å². The molecule has 0 aromatic heterocycles. The summed E-state index contributed by atoms with van der Waals surface area (Å²) in [6.07, 6.45) is 4.10. The molecule has 1 aromatic carbocycles. The van der Waals surface area contributed by atoms with E-state index in [0.29, 0.717) is 19.6 Å². The van der Waals surface area contributed by atoms with Gasteiger partial charge in [0.25, 0.3) is 0 Å². The minimum absolute atomic E-state index is 0.215. The van der Waals surface area contributed by atoms with Gasteiger partial charge in [-0.3, -0.25) is 4.79 Å². The van der Waals surface area contributed by atoms with E-state index >= 15 is 0 Å². The molecule has 0 amide bonds. The van der Waals surface area contributed by atoms with Crippen molar-refractivity contribution in [2.24, 2.45) is 0 Å².